The van der Waals surface area contributed by atoms with Crippen molar-refractivity contribution in [3.05, 3.63) is 12.2 Å². The molecule has 0 aliphatic rings. The Hall–Kier alpha value is -0.350. The van der Waals surface area contributed by atoms with Crippen LogP contribution in [-0.4, -0.2) is 28.6 Å². The van der Waals surface area contributed by atoms with Gasteiger partial charge in [-0.05, 0) is 12.3 Å². The summed E-state index contributed by atoms with van der Waals surface area (Å²) >= 11 is 3.31. The summed E-state index contributed by atoms with van der Waals surface area (Å²) in [5.74, 6) is -0.386. The van der Waals surface area contributed by atoms with Crippen molar-refractivity contribution in [1.82, 2.24) is 0 Å². The molecule has 88 valence electrons. The molecule has 0 unspecified atom stereocenters. The first kappa shape index (κ1) is 14.6. The van der Waals surface area contributed by atoms with E-state index in [0.29, 0.717) is 6.61 Å². The van der Waals surface area contributed by atoms with Crippen LogP contribution in [-0.2, 0) is 9.53 Å². The maximum Gasteiger partial charge on any atom is 0.330 e. The Balaban J connectivity index is 4.24. The first-order chi connectivity index (χ1) is 6.79. The van der Waals surface area contributed by atoms with Crippen LogP contribution in [0, 0.1) is 5.41 Å². The number of hydrogen-bond donors (Lipinski definition) is 1. The summed E-state index contributed by atoms with van der Waals surface area (Å²) in [7, 11) is 0. The third-order valence-corrected chi connectivity index (χ3v) is 2.70. The molecule has 15 heavy (non-hydrogen) atoms. The first-order valence-corrected chi connectivity index (χ1v) is 5.87. The lowest BCUT2D eigenvalue weighted by molar-refractivity contribution is -0.137. The number of esters is 1. The number of alkyl halides is 1. The van der Waals surface area contributed by atoms with Gasteiger partial charge in [-0.15, -0.1) is 0 Å². The van der Waals surface area contributed by atoms with Crippen molar-refractivity contribution < 1.29 is 14.6 Å². The highest BCUT2D eigenvalue weighted by Crippen LogP contribution is 2.26. The monoisotopic (exact) mass is 278 g/mol. The van der Waals surface area contributed by atoms with Gasteiger partial charge >= 0.3 is 5.97 Å². The van der Waals surface area contributed by atoms with Gasteiger partial charge in [0.2, 0.25) is 0 Å². The molecule has 0 aromatic rings. The molecule has 0 saturated carbocycles. The van der Waals surface area contributed by atoms with Crippen LogP contribution in [0.1, 0.15) is 27.7 Å². The Labute approximate surface area is 99.6 Å². The van der Waals surface area contributed by atoms with Gasteiger partial charge in [0, 0.05) is 6.08 Å². The van der Waals surface area contributed by atoms with Crippen LogP contribution in [0.15, 0.2) is 12.2 Å². The minimum Gasteiger partial charge on any atom is -0.463 e. The predicted molar refractivity (Wildman–Crippen MR) is 63.9 cm³/mol. The Morgan fingerprint density at radius 1 is 1.53 bits per heavy atom. The van der Waals surface area contributed by atoms with E-state index in [1.54, 1.807) is 13.0 Å². The standard InChI is InChI=1S/C11H19BrO3/c1-5-15-9(13)7-6-8(12)10(14)11(2,3)4/h6-8,10,14H,5H2,1-4H3/b7-6+/t8-,10-/m0/s1. The van der Waals surface area contributed by atoms with Gasteiger partial charge in [-0.2, -0.15) is 0 Å². The Bertz CT molecular complexity index is 230. The third kappa shape index (κ3) is 5.95. The zero-order valence-electron chi connectivity index (χ0n) is 9.66. The summed E-state index contributed by atoms with van der Waals surface area (Å²) < 4.78 is 4.73. The molecule has 0 heterocycles. The number of ether oxygens (including phenoxy) is 1. The Morgan fingerprint density at radius 2 is 2.07 bits per heavy atom. The molecule has 0 aliphatic carbocycles. The highest BCUT2D eigenvalue weighted by molar-refractivity contribution is 9.09. The summed E-state index contributed by atoms with van der Waals surface area (Å²) in [6.07, 6.45) is 2.38. The normalized spacial score (nSPS) is 16.4. The van der Waals surface area contributed by atoms with Crippen molar-refractivity contribution in [1.29, 1.82) is 0 Å². The summed E-state index contributed by atoms with van der Waals surface area (Å²) in [6, 6.07) is 0. The van der Waals surface area contributed by atoms with E-state index in [1.807, 2.05) is 20.8 Å². The number of aliphatic hydroxyl groups is 1. The van der Waals surface area contributed by atoms with Gasteiger partial charge in [0.25, 0.3) is 0 Å². The van der Waals surface area contributed by atoms with Crippen molar-refractivity contribution in [2.45, 2.75) is 38.6 Å². The van der Waals surface area contributed by atoms with E-state index in [4.69, 9.17) is 4.74 Å². The van der Waals surface area contributed by atoms with Crippen LogP contribution in [0.4, 0.5) is 0 Å². The number of hydrogen-bond acceptors (Lipinski definition) is 3. The van der Waals surface area contributed by atoms with Crippen molar-refractivity contribution in [3.63, 3.8) is 0 Å². The average Bonchev–Trinajstić information content (AvgIpc) is 2.12. The zero-order chi connectivity index (χ0) is 12.1. The van der Waals surface area contributed by atoms with Gasteiger partial charge < -0.3 is 9.84 Å². The highest BCUT2D eigenvalue weighted by atomic mass is 79.9. The van der Waals surface area contributed by atoms with Gasteiger partial charge in [0.1, 0.15) is 0 Å². The molecule has 2 atom stereocenters. The summed E-state index contributed by atoms with van der Waals surface area (Å²) in [4.78, 5) is 10.8. The average molecular weight is 279 g/mol. The first-order valence-electron chi connectivity index (χ1n) is 4.96. The van der Waals surface area contributed by atoms with Crippen LogP contribution < -0.4 is 0 Å². The van der Waals surface area contributed by atoms with Crippen LogP contribution >= 0.6 is 15.9 Å². The van der Waals surface area contributed by atoms with Crippen LogP contribution in [0.2, 0.25) is 0 Å². The van der Waals surface area contributed by atoms with E-state index in [-0.39, 0.29) is 16.2 Å². The molecule has 0 amide bonds. The van der Waals surface area contributed by atoms with Crippen molar-refractivity contribution in [3.8, 4) is 0 Å². The minimum atomic E-state index is -0.553. The Kier molecular flexibility index (Phi) is 6.13. The lowest BCUT2D eigenvalue weighted by Crippen LogP contribution is -2.33. The van der Waals surface area contributed by atoms with Crippen molar-refractivity contribution in [2.75, 3.05) is 6.61 Å². The molecule has 0 fully saturated rings. The van der Waals surface area contributed by atoms with Gasteiger partial charge in [-0.25, -0.2) is 4.79 Å². The number of carbonyl (C=O) groups is 1. The molecule has 0 bridgehead atoms. The van der Waals surface area contributed by atoms with Crippen LogP contribution in [0.3, 0.4) is 0 Å². The molecule has 0 saturated heterocycles. The maximum atomic E-state index is 11.0. The zero-order valence-corrected chi connectivity index (χ0v) is 11.2. The van der Waals surface area contributed by atoms with E-state index in [9.17, 15) is 9.90 Å². The molecule has 0 spiro atoms. The number of carbonyl (C=O) groups excluding carboxylic acids is 1. The second-order valence-corrected chi connectivity index (χ2v) is 5.42. The highest BCUT2D eigenvalue weighted by Gasteiger charge is 2.27. The molecule has 0 aromatic carbocycles. The molecular formula is C11H19BrO3. The summed E-state index contributed by atoms with van der Waals surface area (Å²) in [5.41, 5.74) is -0.229. The number of halogens is 1. The lowest BCUT2D eigenvalue weighted by Gasteiger charge is -2.28. The topological polar surface area (TPSA) is 46.5 Å². The van der Waals surface area contributed by atoms with Crippen LogP contribution in [0.25, 0.3) is 0 Å². The molecular weight excluding hydrogens is 260 g/mol. The maximum absolute atomic E-state index is 11.0. The minimum absolute atomic E-state index is 0.229. The number of aliphatic hydroxyl groups excluding tert-OH is 1. The molecule has 0 radical (unpaired) electrons. The second-order valence-electron chi connectivity index (χ2n) is 4.37. The molecule has 0 rings (SSSR count). The molecule has 1 N–H and O–H groups in total. The number of rotatable bonds is 4. The van der Waals surface area contributed by atoms with Crippen molar-refractivity contribution in [2.24, 2.45) is 5.41 Å². The van der Waals surface area contributed by atoms with Gasteiger partial charge in [0.05, 0.1) is 17.5 Å². The van der Waals surface area contributed by atoms with Crippen LogP contribution in [0.5, 0.6) is 0 Å². The lowest BCUT2D eigenvalue weighted by atomic mass is 9.87. The quantitative estimate of drug-likeness (QED) is 0.488. The van der Waals surface area contributed by atoms with Gasteiger partial charge in [0.15, 0.2) is 0 Å². The molecule has 4 heteroatoms. The third-order valence-electron chi connectivity index (χ3n) is 1.89. The van der Waals surface area contributed by atoms with Gasteiger partial charge in [-0.1, -0.05) is 42.8 Å². The predicted octanol–water partition coefficient (Wildman–Crippen LogP) is 2.28. The smallest absolute Gasteiger partial charge is 0.330 e. The van der Waals surface area contributed by atoms with E-state index in [1.165, 1.54) is 6.08 Å². The van der Waals surface area contributed by atoms with E-state index in [0.717, 1.165) is 0 Å². The van der Waals surface area contributed by atoms with E-state index >= 15 is 0 Å². The fourth-order valence-corrected chi connectivity index (χ4v) is 1.89. The molecule has 0 aromatic heterocycles. The van der Waals surface area contributed by atoms with Crippen molar-refractivity contribution >= 4 is 21.9 Å². The fourth-order valence-electron chi connectivity index (χ4n) is 0.944. The fraction of sp³-hybridized carbons (Fsp3) is 0.727. The second kappa shape index (κ2) is 6.28. The molecule has 3 nitrogen and oxygen atoms in total. The summed E-state index contributed by atoms with van der Waals surface area (Å²) in [5, 5.41) is 9.85. The SMILES string of the molecule is CCOC(=O)/C=C/[C@H](Br)[C@H](O)C(C)(C)C. The largest absolute Gasteiger partial charge is 0.463 e. The van der Waals surface area contributed by atoms with E-state index in [2.05, 4.69) is 15.9 Å². The molecule has 0 aliphatic heterocycles. The summed E-state index contributed by atoms with van der Waals surface area (Å²) in [6.45, 7) is 7.91. The Morgan fingerprint density at radius 3 is 2.47 bits per heavy atom. The van der Waals surface area contributed by atoms with Gasteiger partial charge in [-0.3, -0.25) is 0 Å². The van der Waals surface area contributed by atoms with E-state index < -0.39 is 6.10 Å².